The number of ether oxygens (including phenoxy) is 1. The molecule has 0 spiro atoms. The van der Waals surface area contributed by atoms with Gasteiger partial charge in [-0.1, -0.05) is 28.0 Å². The van der Waals surface area contributed by atoms with Gasteiger partial charge in [0.15, 0.2) is 0 Å². The van der Waals surface area contributed by atoms with Gasteiger partial charge < -0.3 is 4.74 Å². The van der Waals surface area contributed by atoms with Crippen molar-refractivity contribution in [3.05, 3.63) is 0 Å². The second-order valence-corrected chi connectivity index (χ2v) is 9.76. The van der Waals surface area contributed by atoms with Crippen LogP contribution in [0.15, 0.2) is 0 Å². The minimum atomic E-state index is -0.165. The maximum absolute atomic E-state index is 11.5. The fraction of sp³-hybridized carbons (Fsp3) is 0.917. The molecule has 4 nitrogen and oxygen atoms in total. The number of nitrogens with zero attached hydrogens (tertiary/aromatic N) is 1. The molecular formula is C12H24NO3S3+. The summed E-state index contributed by atoms with van der Waals surface area (Å²) in [6.07, 6.45) is 4.99. The van der Waals surface area contributed by atoms with Crippen molar-refractivity contribution in [2.75, 3.05) is 33.0 Å². The molecule has 1 aliphatic heterocycles. The van der Waals surface area contributed by atoms with E-state index < -0.39 is 0 Å². The van der Waals surface area contributed by atoms with Crippen LogP contribution in [-0.2, 0) is 9.53 Å². The summed E-state index contributed by atoms with van der Waals surface area (Å²) in [6.45, 7) is 0.716. The quantitative estimate of drug-likeness (QED) is 0.243. The lowest BCUT2D eigenvalue weighted by molar-refractivity contribution is -1.07. The smallest absolute Gasteiger partial charge is 0.305 e. The van der Waals surface area contributed by atoms with Crippen LogP contribution in [0, 0.1) is 0 Å². The van der Waals surface area contributed by atoms with Gasteiger partial charge in [-0.25, -0.2) is 5.21 Å². The van der Waals surface area contributed by atoms with Crippen LogP contribution in [0.4, 0.5) is 0 Å². The first-order valence-electron chi connectivity index (χ1n) is 6.64. The third-order valence-corrected chi connectivity index (χ3v) is 7.54. The number of hydroxylamine groups is 3. The molecule has 7 heteroatoms. The third-order valence-electron chi connectivity index (χ3n) is 2.81. The van der Waals surface area contributed by atoms with Gasteiger partial charge in [0.05, 0.1) is 14.1 Å². The Balaban J connectivity index is 1.95. The van der Waals surface area contributed by atoms with Gasteiger partial charge in [0.2, 0.25) is 0 Å². The van der Waals surface area contributed by atoms with Crippen LogP contribution >= 0.6 is 31.4 Å². The number of likely N-dealkylation sites (N-methyl/N-ethyl adjacent to an activating group) is 1. The van der Waals surface area contributed by atoms with Crippen molar-refractivity contribution in [3.63, 3.8) is 0 Å². The largest absolute Gasteiger partial charge is 0.460 e. The lowest BCUT2D eigenvalue weighted by atomic mass is 10.1. The van der Waals surface area contributed by atoms with Crippen LogP contribution in [0.2, 0.25) is 0 Å². The predicted molar refractivity (Wildman–Crippen MR) is 84.2 cm³/mol. The van der Waals surface area contributed by atoms with E-state index in [9.17, 15) is 10.0 Å². The fourth-order valence-corrected chi connectivity index (χ4v) is 6.56. The Morgan fingerprint density at radius 2 is 2.21 bits per heavy atom. The van der Waals surface area contributed by atoms with Gasteiger partial charge in [0.25, 0.3) is 0 Å². The van der Waals surface area contributed by atoms with Gasteiger partial charge in [0.1, 0.15) is 13.2 Å². The van der Waals surface area contributed by atoms with E-state index in [1.54, 1.807) is 14.1 Å². The Kier molecular flexibility index (Phi) is 8.64. The van der Waals surface area contributed by atoms with E-state index in [1.807, 2.05) is 31.4 Å². The Morgan fingerprint density at radius 1 is 1.42 bits per heavy atom. The summed E-state index contributed by atoms with van der Waals surface area (Å²) in [5.41, 5.74) is 0. The number of unbranched alkanes of at least 4 members (excludes halogenated alkanes) is 1. The first kappa shape index (κ1) is 17.5. The number of hydrogen-bond acceptors (Lipinski definition) is 6. The predicted octanol–water partition coefficient (Wildman–Crippen LogP) is 3.36. The average molecular weight is 327 g/mol. The number of esters is 1. The summed E-state index contributed by atoms with van der Waals surface area (Å²) in [7, 11) is 9.12. The molecule has 0 saturated carbocycles. The molecule has 0 aromatic carbocycles. The van der Waals surface area contributed by atoms with Gasteiger partial charge in [-0.2, -0.15) is 4.65 Å². The van der Waals surface area contributed by atoms with Crippen molar-refractivity contribution in [2.24, 2.45) is 0 Å². The Morgan fingerprint density at radius 3 is 2.84 bits per heavy atom. The molecule has 0 radical (unpaired) electrons. The maximum atomic E-state index is 11.5. The highest BCUT2D eigenvalue weighted by Crippen LogP contribution is 2.45. The molecule has 0 aromatic heterocycles. The molecule has 1 fully saturated rings. The molecule has 1 rings (SSSR count). The second kappa shape index (κ2) is 9.39. The zero-order valence-electron chi connectivity index (χ0n) is 11.7. The monoisotopic (exact) mass is 326 g/mol. The first-order chi connectivity index (χ1) is 8.97. The zero-order chi connectivity index (χ0) is 14.1. The molecule has 1 saturated heterocycles. The minimum Gasteiger partial charge on any atom is -0.460 e. The van der Waals surface area contributed by atoms with Crippen molar-refractivity contribution in [1.29, 1.82) is 0 Å². The van der Waals surface area contributed by atoms with Gasteiger partial charge in [-0.15, -0.1) is 0 Å². The molecule has 112 valence electrons. The number of rotatable bonds is 8. The molecule has 0 unspecified atom stereocenters. The molecule has 19 heavy (non-hydrogen) atoms. The number of hydrogen-bond donors (Lipinski definition) is 1. The summed E-state index contributed by atoms with van der Waals surface area (Å²) in [5.74, 6) is 1.11. The van der Waals surface area contributed by atoms with E-state index in [1.165, 1.54) is 18.6 Å². The average Bonchev–Trinajstić information content (AvgIpc) is 2.34. The molecule has 0 aliphatic carbocycles. The highest BCUT2D eigenvalue weighted by Gasteiger charge is 2.15. The molecule has 0 amide bonds. The van der Waals surface area contributed by atoms with E-state index >= 15 is 0 Å². The normalized spacial score (nSPS) is 20.3. The topological polar surface area (TPSA) is 46.5 Å². The number of quaternary nitrogens is 1. The molecular weight excluding hydrogens is 302 g/mol. The van der Waals surface area contributed by atoms with Crippen molar-refractivity contribution in [1.82, 2.24) is 0 Å². The highest BCUT2D eigenvalue weighted by molar-refractivity contribution is 9.09. The second-order valence-electron chi connectivity index (χ2n) is 5.21. The van der Waals surface area contributed by atoms with Crippen LogP contribution in [-0.4, -0.2) is 54.1 Å². The number of carbonyl (C=O) groups is 1. The van der Waals surface area contributed by atoms with Gasteiger partial charge in [0, 0.05) is 17.4 Å². The summed E-state index contributed by atoms with van der Waals surface area (Å²) in [4.78, 5) is 11.5. The molecule has 1 heterocycles. The van der Waals surface area contributed by atoms with Crippen LogP contribution in [0.3, 0.4) is 0 Å². The molecule has 1 N–H and O–H groups in total. The summed E-state index contributed by atoms with van der Waals surface area (Å²) in [6, 6.07) is 0. The third kappa shape index (κ3) is 9.90. The SMILES string of the molecule is C[N+](C)(O)CCOC(=O)CCCC[C@@H]1CCSSS1. The Hall–Kier alpha value is 0.440. The Bertz CT molecular complexity index is 265. The van der Waals surface area contributed by atoms with Gasteiger partial charge >= 0.3 is 5.97 Å². The maximum Gasteiger partial charge on any atom is 0.305 e. The molecule has 0 aromatic rings. The Labute approximate surface area is 127 Å². The van der Waals surface area contributed by atoms with Crippen molar-refractivity contribution < 1.29 is 19.4 Å². The lowest BCUT2D eigenvalue weighted by Gasteiger charge is -2.19. The zero-order valence-corrected chi connectivity index (χ0v) is 14.1. The highest BCUT2D eigenvalue weighted by atomic mass is 33.5. The van der Waals surface area contributed by atoms with Crippen LogP contribution in [0.5, 0.6) is 0 Å². The standard InChI is InChI=1S/C12H24NO3S3/c1-13(2,15)8-9-16-12(14)6-4-3-5-11-7-10-17-19-18-11/h11,15H,3-10H2,1-2H3/q+1/t11-/m1/s1. The van der Waals surface area contributed by atoms with Crippen LogP contribution in [0.1, 0.15) is 32.1 Å². The summed E-state index contributed by atoms with van der Waals surface area (Å²) < 4.78 is 4.92. The van der Waals surface area contributed by atoms with Gasteiger partial charge in [-0.3, -0.25) is 4.79 Å². The van der Waals surface area contributed by atoms with Crippen LogP contribution in [0.25, 0.3) is 0 Å². The van der Waals surface area contributed by atoms with Crippen molar-refractivity contribution in [2.45, 2.75) is 37.4 Å². The number of carbonyl (C=O) groups excluding carboxylic acids is 1. The van der Waals surface area contributed by atoms with E-state index in [0.717, 1.165) is 18.1 Å². The van der Waals surface area contributed by atoms with E-state index in [-0.39, 0.29) is 17.2 Å². The van der Waals surface area contributed by atoms with Crippen molar-refractivity contribution >= 4 is 37.4 Å². The lowest BCUT2D eigenvalue weighted by Crippen LogP contribution is -2.38. The van der Waals surface area contributed by atoms with E-state index in [2.05, 4.69) is 0 Å². The molecule has 1 aliphatic rings. The van der Waals surface area contributed by atoms with Crippen molar-refractivity contribution in [3.8, 4) is 0 Å². The molecule has 0 bridgehead atoms. The van der Waals surface area contributed by atoms with Gasteiger partial charge in [-0.05, 0) is 29.1 Å². The fourth-order valence-electron chi connectivity index (χ4n) is 1.63. The molecule has 1 atom stereocenters. The van der Waals surface area contributed by atoms with Crippen LogP contribution < -0.4 is 0 Å². The first-order valence-corrected chi connectivity index (χ1v) is 10.4. The minimum absolute atomic E-state index is 0.144. The summed E-state index contributed by atoms with van der Waals surface area (Å²) in [5, 5.41) is 10.2. The van der Waals surface area contributed by atoms with E-state index in [4.69, 9.17) is 4.74 Å². The summed E-state index contributed by atoms with van der Waals surface area (Å²) >= 11 is 0. The van der Waals surface area contributed by atoms with E-state index in [0.29, 0.717) is 13.0 Å².